The summed E-state index contributed by atoms with van der Waals surface area (Å²) in [7, 11) is -3.87. The lowest BCUT2D eigenvalue weighted by Gasteiger charge is -2.24. The summed E-state index contributed by atoms with van der Waals surface area (Å²) < 4.78 is 39.0. The average Bonchev–Trinajstić information content (AvgIpc) is 3.49. The third kappa shape index (κ3) is 4.33. The predicted molar refractivity (Wildman–Crippen MR) is 125 cm³/mol. The highest BCUT2D eigenvalue weighted by atomic mass is 32.2. The zero-order chi connectivity index (χ0) is 23.0. The van der Waals surface area contributed by atoms with E-state index in [9.17, 15) is 13.2 Å². The van der Waals surface area contributed by atoms with E-state index in [1.165, 1.54) is 16.4 Å². The molecular weight excluding hydrogens is 462 g/mol. The molecule has 10 heteroatoms. The third-order valence-corrected chi connectivity index (χ3v) is 8.37. The van der Waals surface area contributed by atoms with E-state index in [0.29, 0.717) is 43.2 Å². The van der Waals surface area contributed by atoms with Gasteiger partial charge in [0.15, 0.2) is 11.5 Å². The normalized spacial score (nSPS) is 18.3. The highest BCUT2D eigenvalue weighted by molar-refractivity contribution is 7.89. The van der Waals surface area contributed by atoms with Gasteiger partial charge in [0.1, 0.15) is 19.3 Å². The quantitative estimate of drug-likeness (QED) is 0.592. The van der Waals surface area contributed by atoms with Crippen LogP contribution in [-0.2, 0) is 14.8 Å². The average molecular weight is 486 g/mol. The van der Waals surface area contributed by atoms with Gasteiger partial charge in [-0.15, -0.1) is 11.3 Å². The minimum atomic E-state index is -3.87. The van der Waals surface area contributed by atoms with E-state index in [0.717, 1.165) is 16.3 Å². The van der Waals surface area contributed by atoms with E-state index < -0.39 is 16.1 Å². The molecule has 1 saturated heterocycles. The number of nitrogens with one attached hydrogen (secondary N) is 1. The molecule has 0 saturated carbocycles. The van der Waals surface area contributed by atoms with Gasteiger partial charge >= 0.3 is 0 Å². The van der Waals surface area contributed by atoms with Crippen molar-refractivity contribution in [1.29, 1.82) is 0 Å². The molecule has 2 aliphatic rings. The number of carbonyl (C=O) groups is 1. The number of hydrogen-bond acceptors (Lipinski definition) is 7. The van der Waals surface area contributed by atoms with Crippen LogP contribution in [0.2, 0.25) is 0 Å². The Labute approximate surface area is 196 Å². The molecule has 5 rings (SSSR count). The maximum atomic E-state index is 13.3. The van der Waals surface area contributed by atoms with Crippen molar-refractivity contribution in [2.75, 3.05) is 25.1 Å². The summed E-state index contributed by atoms with van der Waals surface area (Å²) in [6.45, 7) is 3.04. The Hall–Kier alpha value is -2.95. The number of amides is 1. The first-order valence-corrected chi connectivity index (χ1v) is 13.0. The van der Waals surface area contributed by atoms with E-state index in [4.69, 9.17) is 9.47 Å². The summed E-state index contributed by atoms with van der Waals surface area (Å²) in [6, 6.07) is 11.2. The van der Waals surface area contributed by atoms with Gasteiger partial charge in [-0.2, -0.15) is 4.31 Å². The predicted octanol–water partition coefficient (Wildman–Crippen LogP) is 3.68. The molecular formula is C23H23N3O5S2. The van der Waals surface area contributed by atoms with Gasteiger partial charge in [0, 0.05) is 29.2 Å². The van der Waals surface area contributed by atoms with Crippen LogP contribution in [-0.4, -0.2) is 49.4 Å². The Morgan fingerprint density at radius 2 is 1.88 bits per heavy atom. The lowest BCUT2D eigenvalue weighted by atomic mass is 10.1. The van der Waals surface area contributed by atoms with E-state index >= 15 is 0 Å². The topological polar surface area (TPSA) is 97.8 Å². The monoisotopic (exact) mass is 485 g/mol. The first-order chi connectivity index (χ1) is 15.9. The van der Waals surface area contributed by atoms with Crippen LogP contribution in [0, 0.1) is 6.92 Å². The van der Waals surface area contributed by atoms with E-state index in [1.807, 2.05) is 24.4 Å². The van der Waals surface area contributed by atoms with Gasteiger partial charge in [0.2, 0.25) is 15.9 Å². The van der Waals surface area contributed by atoms with Crippen LogP contribution in [0.5, 0.6) is 11.5 Å². The first-order valence-electron chi connectivity index (χ1n) is 10.7. The fourth-order valence-electron chi connectivity index (χ4n) is 4.06. The molecule has 1 amide bonds. The maximum Gasteiger partial charge on any atom is 0.243 e. The maximum absolute atomic E-state index is 13.3. The van der Waals surface area contributed by atoms with Crippen LogP contribution in [0.4, 0.5) is 5.69 Å². The molecule has 3 heterocycles. The molecule has 0 spiro atoms. The first kappa shape index (κ1) is 21.9. The zero-order valence-corrected chi connectivity index (χ0v) is 19.6. The van der Waals surface area contributed by atoms with Gasteiger partial charge in [-0.3, -0.25) is 4.79 Å². The number of sulfonamides is 1. The van der Waals surface area contributed by atoms with Crippen molar-refractivity contribution in [3.63, 3.8) is 0 Å². The number of aromatic nitrogens is 1. The van der Waals surface area contributed by atoms with Crippen molar-refractivity contribution in [3.8, 4) is 22.8 Å². The standard InChI is InChI=1S/C23H23N3O5S2/c1-15-24-19(14-32-15)16-4-6-17(7-5-16)25-23(27)20-3-2-10-26(20)33(28,29)18-8-9-21-22(13-18)31-12-11-30-21/h4-9,13-14,20H,2-3,10-12H2,1H3,(H,25,27)/t20-/m0/s1. The fraction of sp³-hybridized carbons (Fsp3) is 0.304. The number of hydrogen-bond donors (Lipinski definition) is 1. The Morgan fingerprint density at radius 3 is 2.61 bits per heavy atom. The Kier molecular flexibility index (Phi) is 5.81. The second-order valence-corrected chi connectivity index (χ2v) is 10.9. The lowest BCUT2D eigenvalue weighted by Crippen LogP contribution is -2.43. The molecule has 0 radical (unpaired) electrons. The van der Waals surface area contributed by atoms with Crippen molar-refractivity contribution < 1.29 is 22.7 Å². The molecule has 0 unspecified atom stereocenters. The molecule has 1 fully saturated rings. The summed E-state index contributed by atoms with van der Waals surface area (Å²) in [6.07, 6.45) is 1.08. The van der Waals surface area contributed by atoms with Crippen LogP contribution in [0.1, 0.15) is 17.8 Å². The number of rotatable bonds is 5. The summed E-state index contributed by atoms with van der Waals surface area (Å²) in [5, 5.41) is 5.84. The van der Waals surface area contributed by atoms with E-state index in [2.05, 4.69) is 10.3 Å². The van der Waals surface area contributed by atoms with E-state index in [1.54, 1.807) is 29.5 Å². The largest absolute Gasteiger partial charge is 0.486 e. The number of ether oxygens (including phenoxy) is 2. The van der Waals surface area contributed by atoms with Gasteiger partial charge in [-0.25, -0.2) is 13.4 Å². The second kappa shape index (κ2) is 8.77. The summed E-state index contributed by atoms with van der Waals surface area (Å²) >= 11 is 1.58. The molecule has 1 aromatic heterocycles. The van der Waals surface area contributed by atoms with E-state index in [-0.39, 0.29) is 17.3 Å². The molecule has 172 valence electrons. The molecule has 1 atom stereocenters. The minimum absolute atomic E-state index is 0.0920. The van der Waals surface area contributed by atoms with Gasteiger partial charge in [0.25, 0.3) is 0 Å². The van der Waals surface area contributed by atoms with Crippen LogP contribution in [0.15, 0.2) is 52.7 Å². The summed E-state index contributed by atoms with van der Waals surface area (Å²) in [5.41, 5.74) is 2.46. The van der Waals surface area contributed by atoms with Crippen LogP contribution in [0.25, 0.3) is 11.3 Å². The smallest absolute Gasteiger partial charge is 0.243 e. The highest BCUT2D eigenvalue weighted by Crippen LogP contribution is 2.35. The molecule has 3 aromatic rings. The Bertz CT molecular complexity index is 1290. The molecule has 2 aliphatic heterocycles. The molecule has 0 bridgehead atoms. The SMILES string of the molecule is Cc1nc(-c2ccc(NC(=O)[C@@H]3CCCN3S(=O)(=O)c3ccc4c(c3)OCCO4)cc2)cs1. The van der Waals surface area contributed by atoms with Crippen molar-refractivity contribution in [1.82, 2.24) is 9.29 Å². The lowest BCUT2D eigenvalue weighted by molar-refractivity contribution is -0.119. The third-order valence-electron chi connectivity index (χ3n) is 5.69. The fourth-order valence-corrected chi connectivity index (χ4v) is 6.35. The highest BCUT2D eigenvalue weighted by Gasteiger charge is 2.40. The number of nitrogens with zero attached hydrogens (tertiary/aromatic N) is 2. The van der Waals surface area contributed by atoms with Gasteiger partial charge < -0.3 is 14.8 Å². The minimum Gasteiger partial charge on any atom is -0.486 e. The number of anilines is 1. The van der Waals surface area contributed by atoms with Gasteiger partial charge in [-0.05, 0) is 44.0 Å². The Balaban J connectivity index is 1.32. The van der Waals surface area contributed by atoms with Gasteiger partial charge in [0.05, 0.1) is 15.6 Å². The summed E-state index contributed by atoms with van der Waals surface area (Å²) in [5.74, 6) is 0.580. The van der Waals surface area contributed by atoms with Crippen molar-refractivity contribution in [2.45, 2.75) is 30.7 Å². The van der Waals surface area contributed by atoms with Crippen molar-refractivity contribution >= 4 is 33.0 Å². The second-order valence-electron chi connectivity index (χ2n) is 7.90. The molecule has 1 N–H and O–H groups in total. The number of carbonyl (C=O) groups excluding carboxylic acids is 1. The number of fused-ring (bicyclic) bond motifs is 1. The van der Waals surface area contributed by atoms with Crippen LogP contribution < -0.4 is 14.8 Å². The number of thiazole rings is 1. The molecule has 8 nitrogen and oxygen atoms in total. The summed E-state index contributed by atoms with van der Waals surface area (Å²) in [4.78, 5) is 17.6. The van der Waals surface area contributed by atoms with Gasteiger partial charge in [-0.1, -0.05) is 12.1 Å². The zero-order valence-electron chi connectivity index (χ0n) is 18.0. The van der Waals surface area contributed by atoms with Crippen LogP contribution >= 0.6 is 11.3 Å². The Morgan fingerprint density at radius 1 is 1.12 bits per heavy atom. The molecule has 33 heavy (non-hydrogen) atoms. The van der Waals surface area contributed by atoms with Crippen molar-refractivity contribution in [2.24, 2.45) is 0 Å². The molecule has 0 aliphatic carbocycles. The molecule has 2 aromatic carbocycles. The number of benzene rings is 2. The van der Waals surface area contributed by atoms with Crippen LogP contribution in [0.3, 0.4) is 0 Å². The van der Waals surface area contributed by atoms with Crippen molar-refractivity contribution in [3.05, 3.63) is 52.9 Å². The number of aryl methyl sites for hydroxylation is 1.